The summed E-state index contributed by atoms with van der Waals surface area (Å²) >= 11 is 0. The summed E-state index contributed by atoms with van der Waals surface area (Å²) < 4.78 is 0. The molecular weight excluding hydrogens is 124 g/mol. The summed E-state index contributed by atoms with van der Waals surface area (Å²) in [5.41, 5.74) is 1.10. The van der Waals surface area contributed by atoms with Crippen LogP contribution in [0.5, 0.6) is 0 Å². The quantitative estimate of drug-likeness (QED) is 0.574. The standard InChI is InChI=1S/C8H16N2/c1-4-5-6-8(10-3)7-9-2/h5-7,9-10H,4H2,1-3H3/b6-5+,8-7-. The van der Waals surface area contributed by atoms with E-state index in [1.807, 2.05) is 20.3 Å². The lowest BCUT2D eigenvalue weighted by molar-refractivity contribution is 0.974. The first-order valence-electron chi connectivity index (χ1n) is 3.56. The third-order valence-electron chi connectivity index (χ3n) is 1.12. The molecule has 58 valence electrons. The minimum Gasteiger partial charge on any atom is -0.392 e. The van der Waals surface area contributed by atoms with Crippen LogP contribution >= 0.6 is 0 Å². The van der Waals surface area contributed by atoms with Gasteiger partial charge in [0.05, 0.1) is 0 Å². The summed E-state index contributed by atoms with van der Waals surface area (Å²) in [7, 11) is 3.79. The van der Waals surface area contributed by atoms with Gasteiger partial charge in [0.2, 0.25) is 0 Å². The van der Waals surface area contributed by atoms with Crippen LogP contribution in [0.3, 0.4) is 0 Å². The van der Waals surface area contributed by atoms with Crippen LogP contribution in [0, 0.1) is 0 Å². The summed E-state index contributed by atoms with van der Waals surface area (Å²) in [6.45, 7) is 2.11. The summed E-state index contributed by atoms with van der Waals surface area (Å²) in [6.07, 6.45) is 7.16. The van der Waals surface area contributed by atoms with Crippen molar-refractivity contribution in [3.05, 3.63) is 24.0 Å². The molecule has 0 saturated heterocycles. The van der Waals surface area contributed by atoms with Crippen LogP contribution in [0.25, 0.3) is 0 Å². The van der Waals surface area contributed by atoms with E-state index in [-0.39, 0.29) is 0 Å². The van der Waals surface area contributed by atoms with Crippen molar-refractivity contribution >= 4 is 0 Å². The van der Waals surface area contributed by atoms with Crippen LogP contribution < -0.4 is 10.6 Å². The first-order chi connectivity index (χ1) is 4.85. The number of rotatable bonds is 4. The molecule has 0 aromatic heterocycles. The maximum Gasteiger partial charge on any atom is 0.0493 e. The van der Waals surface area contributed by atoms with Crippen molar-refractivity contribution in [2.45, 2.75) is 13.3 Å². The molecule has 2 heteroatoms. The molecule has 0 aromatic rings. The van der Waals surface area contributed by atoms with Gasteiger partial charge in [-0.2, -0.15) is 0 Å². The molecule has 0 saturated carbocycles. The van der Waals surface area contributed by atoms with Crippen LogP contribution in [-0.4, -0.2) is 14.1 Å². The maximum absolute atomic E-state index is 3.05. The Morgan fingerprint density at radius 1 is 1.40 bits per heavy atom. The predicted molar refractivity (Wildman–Crippen MR) is 45.6 cm³/mol. The van der Waals surface area contributed by atoms with Crippen LogP contribution in [0.15, 0.2) is 24.0 Å². The van der Waals surface area contributed by atoms with E-state index in [1.165, 1.54) is 0 Å². The van der Waals surface area contributed by atoms with Gasteiger partial charge in [-0.25, -0.2) is 0 Å². The van der Waals surface area contributed by atoms with Gasteiger partial charge in [-0.3, -0.25) is 0 Å². The Bertz CT molecular complexity index is 125. The monoisotopic (exact) mass is 140 g/mol. The van der Waals surface area contributed by atoms with Gasteiger partial charge in [0.15, 0.2) is 0 Å². The minimum atomic E-state index is 1.07. The topological polar surface area (TPSA) is 24.1 Å². The average molecular weight is 140 g/mol. The molecule has 2 nitrogen and oxygen atoms in total. The van der Waals surface area contributed by atoms with E-state index in [0.29, 0.717) is 0 Å². The Hall–Kier alpha value is -0.920. The summed E-state index contributed by atoms with van der Waals surface area (Å²) in [5.74, 6) is 0. The Balaban J connectivity index is 3.82. The highest BCUT2D eigenvalue weighted by atomic mass is 14.9. The molecule has 2 N–H and O–H groups in total. The lowest BCUT2D eigenvalue weighted by Crippen LogP contribution is -2.07. The predicted octanol–water partition coefficient (Wildman–Crippen LogP) is 1.23. The zero-order valence-corrected chi connectivity index (χ0v) is 6.94. The fraction of sp³-hybridized carbons (Fsp3) is 0.500. The van der Waals surface area contributed by atoms with Crippen molar-refractivity contribution in [1.29, 1.82) is 0 Å². The zero-order valence-electron chi connectivity index (χ0n) is 6.94. The summed E-state index contributed by atoms with van der Waals surface area (Å²) in [5, 5.41) is 6.00. The van der Waals surface area contributed by atoms with Crippen LogP contribution in [-0.2, 0) is 0 Å². The molecule has 0 fully saturated rings. The van der Waals surface area contributed by atoms with E-state index >= 15 is 0 Å². The first kappa shape index (κ1) is 9.08. The highest BCUT2D eigenvalue weighted by Crippen LogP contribution is 1.89. The largest absolute Gasteiger partial charge is 0.392 e. The maximum atomic E-state index is 3.05. The van der Waals surface area contributed by atoms with Crippen molar-refractivity contribution in [2.24, 2.45) is 0 Å². The highest BCUT2D eigenvalue weighted by Gasteiger charge is 1.81. The minimum absolute atomic E-state index is 1.07. The summed E-state index contributed by atoms with van der Waals surface area (Å²) in [4.78, 5) is 0. The van der Waals surface area contributed by atoms with Crippen LogP contribution in [0.2, 0.25) is 0 Å². The molecule has 0 atom stereocenters. The third-order valence-corrected chi connectivity index (χ3v) is 1.12. The smallest absolute Gasteiger partial charge is 0.0493 e. The van der Waals surface area contributed by atoms with Crippen LogP contribution in [0.4, 0.5) is 0 Å². The van der Waals surface area contributed by atoms with E-state index in [9.17, 15) is 0 Å². The molecule has 0 rings (SSSR count). The SMILES string of the molecule is CC/C=C/C(=C/NC)NC. The van der Waals surface area contributed by atoms with Gasteiger partial charge >= 0.3 is 0 Å². The summed E-state index contributed by atoms with van der Waals surface area (Å²) in [6, 6.07) is 0. The Morgan fingerprint density at radius 2 is 2.10 bits per heavy atom. The molecule has 10 heavy (non-hydrogen) atoms. The molecule has 0 amide bonds. The van der Waals surface area contributed by atoms with E-state index in [0.717, 1.165) is 12.1 Å². The number of allylic oxidation sites excluding steroid dienone is 2. The number of nitrogens with one attached hydrogen (secondary N) is 2. The molecule has 0 aliphatic heterocycles. The van der Waals surface area contributed by atoms with Crippen molar-refractivity contribution in [3.8, 4) is 0 Å². The van der Waals surface area contributed by atoms with Crippen molar-refractivity contribution in [2.75, 3.05) is 14.1 Å². The zero-order chi connectivity index (χ0) is 7.82. The molecule has 0 aromatic carbocycles. The van der Waals surface area contributed by atoms with Gasteiger partial charge < -0.3 is 10.6 Å². The van der Waals surface area contributed by atoms with Gasteiger partial charge in [0.1, 0.15) is 0 Å². The lowest BCUT2D eigenvalue weighted by atomic mass is 10.3. The van der Waals surface area contributed by atoms with Crippen molar-refractivity contribution in [1.82, 2.24) is 10.6 Å². The van der Waals surface area contributed by atoms with Crippen LogP contribution in [0.1, 0.15) is 13.3 Å². The van der Waals surface area contributed by atoms with Crippen molar-refractivity contribution < 1.29 is 0 Å². The Morgan fingerprint density at radius 3 is 2.50 bits per heavy atom. The normalized spacial score (nSPS) is 12.1. The van der Waals surface area contributed by atoms with Crippen molar-refractivity contribution in [3.63, 3.8) is 0 Å². The molecule has 0 bridgehead atoms. The van der Waals surface area contributed by atoms with E-state index < -0.39 is 0 Å². The number of hydrogen-bond donors (Lipinski definition) is 2. The number of likely N-dealkylation sites (N-methyl/N-ethyl adjacent to an activating group) is 1. The van der Waals surface area contributed by atoms with Gasteiger partial charge in [-0.05, 0) is 12.5 Å². The van der Waals surface area contributed by atoms with E-state index in [4.69, 9.17) is 0 Å². The fourth-order valence-electron chi connectivity index (χ4n) is 0.604. The second-order valence-electron chi connectivity index (χ2n) is 1.95. The number of hydrogen-bond acceptors (Lipinski definition) is 2. The molecule has 0 heterocycles. The van der Waals surface area contributed by atoms with Gasteiger partial charge in [0.25, 0.3) is 0 Å². The second-order valence-corrected chi connectivity index (χ2v) is 1.95. The fourth-order valence-corrected chi connectivity index (χ4v) is 0.604. The first-order valence-corrected chi connectivity index (χ1v) is 3.56. The second kappa shape index (κ2) is 6.20. The Kier molecular flexibility index (Phi) is 5.63. The van der Waals surface area contributed by atoms with E-state index in [2.05, 4.69) is 29.7 Å². The molecule has 0 aliphatic carbocycles. The molecule has 0 unspecified atom stereocenters. The molecule has 0 radical (unpaired) electrons. The third kappa shape index (κ3) is 4.01. The van der Waals surface area contributed by atoms with Gasteiger partial charge in [-0.15, -0.1) is 0 Å². The van der Waals surface area contributed by atoms with Gasteiger partial charge in [0, 0.05) is 26.0 Å². The molecule has 0 aliphatic rings. The molecule has 0 spiro atoms. The van der Waals surface area contributed by atoms with Gasteiger partial charge in [-0.1, -0.05) is 13.0 Å². The average Bonchev–Trinajstić information content (AvgIpc) is 1.98. The highest BCUT2D eigenvalue weighted by molar-refractivity contribution is 5.14. The van der Waals surface area contributed by atoms with E-state index in [1.54, 1.807) is 0 Å². The Labute approximate surface area is 63.0 Å². The lowest BCUT2D eigenvalue weighted by Gasteiger charge is -1.98. The molecular formula is C8H16N2.